The Morgan fingerprint density at radius 1 is 1.09 bits per heavy atom. The van der Waals surface area contributed by atoms with E-state index < -0.39 is 0 Å². The molecule has 0 aliphatic carbocycles. The van der Waals surface area contributed by atoms with Gasteiger partial charge in [-0.15, -0.1) is 0 Å². The van der Waals surface area contributed by atoms with Crippen LogP contribution < -0.4 is 5.32 Å². The van der Waals surface area contributed by atoms with Crippen molar-refractivity contribution in [3.8, 4) is 0 Å². The second-order valence-electron chi connectivity index (χ2n) is 5.96. The molecular formula is C19H21FN2O. The van der Waals surface area contributed by atoms with Crippen molar-refractivity contribution in [1.82, 2.24) is 10.2 Å². The van der Waals surface area contributed by atoms with Crippen LogP contribution in [-0.4, -0.2) is 23.4 Å². The normalized spacial score (nSPS) is 18.0. The standard InChI is InChI=1S/C19H21FN2O/c20-17-10-8-15(9-11-17)13-21-19(23)18-7-4-12-22(18)14-16-5-2-1-3-6-16/h1-3,5-6,8-11,18H,4,7,12-14H2,(H,21,23)/t18-/m1/s1. The summed E-state index contributed by atoms with van der Waals surface area (Å²) in [4.78, 5) is 14.7. The van der Waals surface area contributed by atoms with Gasteiger partial charge in [-0.3, -0.25) is 9.69 Å². The number of amides is 1. The minimum atomic E-state index is -0.259. The second kappa shape index (κ2) is 7.38. The molecule has 0 unspecified atom stereocenters. The van der Waals surface area contributed by atoms with Gasteiger partial charge in [0.1, 0.15) is 5.82 Å². The maximum absolute atomic E-state index is 12.9. The van der Waals surface area contributed by atoms with Crippen molar-refractivity contribution in [2.45, 2.75) is 32.0 Å². The zero-order valence-electron chi connectivity index (χ0n) is 13.0. The lowest BCUT2D eigenvalue weighted by atomic mass is 10.1. The first kappa shape index (κ1) is 15.7. The van der Waals surface area contributed by atoms with Crippen LogP contribution in [-0.2, 0) is 17.9 Å². The molecule has 1 atom stereocenters. The topological polar surface area (TPSA) is 32.3 Å². The van der Waals surface area contributed by atoms with Gasteiger partial charge in [-0.1, -0.05) is 42.5 Å². The predicted molar refractivity (Wildman–Crippen MR) is 88.1 cm³/mol. The minimum Gasteiger partial charge on any atom is -0.351 e. The summed E-state index contributed by atoms with van der Waals surface area (Å²) in [7, 11) is 0. The molecule has 3 nitrogen and oxygen atoms in total. The molecule has 1 fully saturated rings. The van der Waals surface area contributed by atoms with Crippen LogP contribution >= 0.6 is 0 Å². The first-order valence-corrected chi connectivity index (χ1v) is 8.02. The molecule has 1 aliphatic heterocycles. The van der Waals surface area contributed by atoms with Crippen LogP contribution in [0.5, 0.6) is 0 Å². The molecule has 0 aromatic heterocycles. The SMILES string of the molecule is O=C(NCc1ccc(F)cc1)[C@H]1CCCN1Cc1ccccc1. The number of hydrogen-bond donors (Lipinski definition) is 1. The average molecular weight is 312 g/mol. The summed E-state index contributed by atoms with van der Waals surface area (Å²) in [6.45, 7) is 2.19. The number of carbonyl (C=O) groups is 1. The maximum Gasteiger partial charge on any atom is 0.237 e. The monoisotopic (exact) mass is 312 g/mol. The second-order valence-corrected chi connectivity index (χ2v) is 5.96. The van der Waals surface area contributed by atoms with Gasteiger partial charge in [0.05, 0.1) is 6.04 Å². The van der Waals surface area contributed by atoms with Crippen molar-refractivity contribution in [1.29, 1.82) is 0 Å². The molecule has 0 radical (unpaired) electrons. The van der Waals surface area contributed by atoms with Gasteiger partial charge in [0.15, 0.2) is 0 Å². The fourth-order valence-electron chi connectivity index (χ4n) is 3.04. The van der Waals surface area contributed by atoms with Crippen molar-refractivity contribution in [2.24, 2.45) is 0 Å². The summed E-state index contributed by atoms with van der Waals surface area (Å²) in [5.74, 6) is -0.201. The quantitative estimate of drug-likeness (QED) is 0.920. The Bertz CT molecular complexity index is 642. The zero-order chi connectivity index (χ0) is 16.1. The van der Waals surface area contributed by atoms with Gasteiger partial charge in [0, 0.05) is 13.1 Å². The van der Waals surface area contributed by atoms with Crippen molar-refractivity contribution in [3.63, 3.8) is 0 Å². The van der Waals surface area contributed by atoms with E-state index in [0.29, 0.717) is 6.54 Å². The van der Waals surface area contributed by atoms with Gasteiger partial charge in [-0.25, -0.2) is 4.39 Å². The molecule has 23 heavy (non-hydrogen) atoms. The van der Waals surface area contributed by atoms with E-state index in [1.54, 1.807) is 12.1 Å². The van der Waals surface area contributed by atoms with E-state index >= 15 is 0 Å². The molecule has 1 N–H and O–H groups in total. The van der Waals surface area contributed by atoms with Crippen molar-refractivity contribution in [3.05, 3.63) is 71.5 Å². The number of likely N-dealkylation sites (tertiary alicyclic amines) is 1. The summed E-state index contributed by atoms with van der Waals surface area (Å²) in [5, 5.41) is 2.97. The zero-order valence-corrected chi connectivity index (χ0v) is 13.0. The highest BCUT2D eigenvalue weighted by Gasteiger charge is 2.30. The van der Waals surface area contributed by atoms with Crippen LogP contribution in [0.3, 0.4) is 0 Å². The van der Waals surface area contributed by atoms with E-state index in [2.05, 4.69) is 22.3 Å². The van der Waals surface area contributed by atoms with Crippen molar-refractivity contribution < 1.29 is 9.18 Å². The number of nitrogens with one attached hydrogen (secondary N) is 1. The molecule has 1 amide bonds. The van der Waals surface area contributed by atoms with Crippen LogP contribution in [0.4, 0.5) is 4.39 Å². The molecule has 0 bridgehead atoms. The Morgan fingerprint density at radius 2 is 1.83 bits per heavy atom. The van der Waals surface area contributed by atoms with Gasteiger partial charge in [-0.2, -0.15) is 0 Å². The molecular weight excluding hydrogens is 291 g/mol. The Labute approximate surface area is 136 Å². The van der Waals surface area contributed by atoms with E-state index in [0.717, 1.165) is 31.5 Å². The van der Waals surface area contributed by atoms with E-state index in [1.165, 1.54) is 17.7 Å². The van der Waals surface area contributed by atoms with Crippen LogP contribution in [0.15, 0.2) is 54.6 Å². The molecule has 1 aliphatic rings. The number of nitrogens with zero attached hydrogens (tertiary/aromatic N) is 1. The number of carbonyl (C=O) groups excluding carboxylic acids is 1. The molecule has 0 spiro atoms. The highest BCUT2D eigenvalue weighted by molar-refractivity contribution is 5.82. The number of halogens is 1. The van der Waals surface area contributed by atoms with Crippen LogP contribution in [0, 0.1) is 5.82 Å². The smallest absolute Gasteiger partial charge is 0.237 e. The summed E-state index contributed by atoms with van der Waals surface area (Å²) in [6.07, 6.45) is 1.93. The molecule has 2 aromatic carbocycles. The third-order valence-electron chi connectivity index (χ3n) is 4.27. The fraction of sp³-hybridized carbons (Fsp3) is 0.316. The molecule has 0 saturated carbocycles. The van der Waals surface area contributed by atoms with Gasteiger partial charge >= 0.3 is 0 Å². The highest BCUT2D eigenvalue weighted by Crippen LogP contribution is 2.20. The van der Waals surface area contributed by atoms with E-state index in [9.17, 15) is 9.18 Å². The summed E-state index contributed by atoms with van der Waals surface area (Å²) < 4.78 is 12.9. The largest absolute Gasteiger partial charge is 0.351 e. The van der Waals surface area contributed by atoms with Gasteiger partial charge in [0.25, 0.3) is 0 Å². The first-order chi connectivity index (χ1) is 11.2. The van der Waals surface area contributed by atoms with Crippen LogP contribution in [0.2, 0.25) is 0 Å². The van der Waals surface area contributed by atoms with E-state index in [-0.39, 0.29) is 17.8 Å². The maximum atomic E-state index is 12.9. The van der Waals surface area contributed by atoms with E-state index in [1.807, 2.05) is 18.2 Å². The number of benzene rings is 2. The molecule has 1 saturated heterocycles. The third kappa shape index (κ3) is 4.17. The summed E-state index contributed by atoms with van der Waals surface area (Å²) in [5.41, 5.74) is 2.14. The fourth-order valence-corrected chi connectivity index (χ4v) is 3.04. The Morgan fingerprint density at radius 3 is 2.57 bits per heavy atom. The first-order valence-electron chi connectivity index (χ1n) is 8.02. The summed E-state index contributed by atoms with van der Waals surface area (Å²) >= 11 is 0. The van der Waals surface area contributed by atoms with Crippen molar-refractivity contribution >= 4 is 5.91 Å². The lowest BCUT2D eigenvalue weighted by Crippen LogP contribution is -2.42. The van der Waals surface area contributed by atoms with Crippen LogP contribution in [0.1, 0.15) is 24.0 Å². The lowest BCUT2D eigenvalue weighted by molar-refractivity contribution is -0.125. The molecule has 3 rings (SSSR count). The van der Waals surface area contributed by atoms with Gasteiger partial charge < -0.3 is 5.32 Å². The molecule has 1 heterocycles. The molecule has 2 aromatic rings. The predicted octanol–water partition coefficient (Wildman–Crippen LogP) is 3.11. The van der Waals surface area contributed by atoms with Crippen molar-refractivity contribution in [2.75, 3.05) is 6.54 Å². The number of rotatable bonds is 5. The van der Waals surface area contributed by atoms with Crippen LogP contribution in [0.25, 0.3) is 0 Å². The van der Waals surface area contributed by atoms with E-state index in [4.69, 9.17) is 0 Å². The highest BCUT2D eigenvalue weighted by atomic mass is 19.1. The van der Waals surface area contributed by atoms with Gasteiger partial charge in [-0.05, 0) is 42.6 Å². The minimum absolute atomic E-state index is 0.0581. The molecule has 4 heteroatoms. The number of hydrogen-bond acceptors (Lipinski definition) is 2. The average Bonchev–Trinajstić information content (AvgIpc) is 3.03. The Balaban J connectivity index is 1.56. The summed E-state index contributed by atoms with van der Waals surface area (Å²) in [6, 6.07) is 16.4. The Kier molecular flexibility index (Phi) is 5.03. The Hall–Kier alpha value is -2.20. The molecule has 120 valence electrons. The van der Waals surface area contributed by atoms with Gasteiger partial charge in [0.2, 0.25) is 5.91 Å². The third-order valence-corrected chi connectivity index (χ3v) is 4.27. The lowest BCUT2D eigenvalue weighted by Gasteiger charge is -2.23.